The van der Waals surface area contributed by atoms with Crippen LogP contribution in [-0.2, 0) is 11.2 Å². The van der Waals surface area contributed by atoms with E-state index in [2.05, 4.69) is 19.9 Å². The summed E-state index contributed by atoms with van der Waals surface area (Å²) >= 11 is 0. The summed E-state index contributed by atoms with van der Waals surface area (Å²) in [6.45, 7) is 0.636. The van der Waals surface area contributed by atoms with Gasteiger partial charge in [0.25, 0.3) is 0 Å². The molecule has 1 aromatic carbocycles. The van der Waals surface area contributed by atoms with Crippen LogP contribution in [0, 0.1) is 11.7 Å². The molecule has 128 valence electrons. The normalized spacial score (nSPS) is 20.0. The Morgan fingerprint density at radius 1 is 1.36 bits per heavy atom. The predicted molar refractivity (Wildman–Crippen MR) is 89.2 cm³/mol. The van der Waals surface area contributed by atoms with Gasteiger partial charge in [0.1, 0.15) is 17.7 Å². The highest BCUT2D eigenvalue weighted by Gasteiger charge is 2.37. The lowest BCUT2D eigenvalue weighted by Crippen LogP contribution is -2.41. The number of nitrogens with one attached hydrogen (secondary N) is 2. The lowest BCUT2D eigenvalue weighted by molar-refractivity contribution is -0.133. The lowest BCUT2D eigenvalue weighted by Gasteiger charge is -2.34. The van der Waals surface area contributed by atoms with E-state index >= 15 is 0 Å². The molecule has 0 radical (unpaired) electrons. The van der Waals surface area contributed by atoms with Crippen LogP contribution < -0.4 is 0 Å². The molecule has 1 aliphatic heterocycles. The maximum atomic E-state index is 13.5. The molecule has 1 saturated carbocycles. The van der Waals surface area contributed by atoms with Crippen molar-refractivity contribution in [2.75, 3.05) is 6.54 Å². The minimum atomic E-state index is -0.350. The van der Waals surface area contributed by atoms with Crippen LogP contribution in [0.1, 0.15) is 42.5 Å². The number of carbonyl (C=O) groups excluding carboxylic acids is 1. The van der Waals surface area contributed by atoms with Crippen LogP contribution in [0.3, 0.4) is 0 Å². The number of amides is 1. The number of carbonyl (C=O) groups is 1. The average Bonchev–Trinajstić information content (AvgIpc) is 3.12. The van der Waals surface area contributed by atoms with E-state index in [9.17, 15) is 9.18 Å². The number of hydrogen-bond donors (Lipinski definition) is 2. The van der Waals surface area contributed by atoms with Crippen molar-refractivity contribution in [3.05, 3.63) is 47.6 Å². The minimum Gasteiger partial charge on any atom is -0.348 e. The molecule has 2 N–H and O–H groups in total. The highest BCUT2D eigenvalue weighted by atomic mass is 19.1. The molecule has 0 bridgehead atoms. The summed E-state index contributed by atoms with van der Waals surface area (Å²) in [5.74, 6) is 0.998. The first-order valence-electron chi connectivity index (χ1n) is 8.66. The maximum Gasteiger partial charge on any atom is 0.223 e. The zero-order valence-electron chi connectivity index (χ0n) is 13.6. The quantitative estimate of drug-likeness (QED) is 0.770. The summed E-state index contributed by atoms with van der Waals surface area (Å²) in [7, 11) is 0. The van der Waals surface area contributed by atoms with Crippen molar-refractivity contribution in [3.63, 3.8) is 0 Å². The molecule has 2 aliphatic rings. The number of fused-ring (bicyclic) bond motifs is 2. The Morgan fingerprint density at radius 3 is 3.08 bits per heavy atom. The van der Waals surface area contributed by atoms with Crippen LogP contribution in [0.5, 0.6) is 0 Å². The van der Waals surface area contributed by atoms with Crippen LogP contribution >= 0.6 is 0 Å². The number of hydrogen-bond acceptors (Lipinski definition) is 3. The predicted octanol–water partition coefficient (Wildman–Crippen LogP) is 2.70. The van der Waals surface area contributed by atoms with Gasteiger partial charge in [0, 0.05) is 25.1 Å². The van der Waals surface area contributed by atoms with Gasteiger partial charge in [0.05, 0.1) is 23.1 Å². The van der Waals surface area contributed by atoms with Gasteiger partial charge in [-0.2, -0.15) is 0 Å². The molecule has 25 heavy (non-hydrogen) atoms. The maximum absolute atomic E-state index is 13.5. The van der Waals surface area contributed by atoms with Gasteiger partial charge in [-0.3, -0.25) is 4.79 Å². The van der Waals surface area contributed by atoms with Gasteiger partial charge in [-0.05, 0) is 37.0 Å². The fourth-order valence-corrected chi connectivity index (χ4v) is 3.64. The standard InChI is InChI=1S/C18H18FN5O/c19-11-3-4-12-14(8-11)23-18(22-12)17-16-13(20-9-21-16)5-6-24(17)15(25)7-10-1-2-10/h3-4,8-10,17H,1-2,5-7H2,(H,20,21)(H,22,23)/t17-/m0/s1. The summed E-state index contributed by atoms with van der Waals surface area (Å²) in [6.07, 6.45) is 5.29. The van der Waals surface area contributed by atoms with Crippen LogP contribution in [0.4, 0.5) is 4.39 Å². The molecule has 6 nitrogen and oxygen atoms in total. The van der Waals surface area contributed by atoms with Crippen molar-refractivity contribution in [1.82, 2.24) is 24.8 Å². The molecule has 7 heteroatoms. The van der Waals surface area contributed by atoms with Crippen LogP contribution in [-0.4, -0.2) is 37.3 Å². The van der Waals surface area contributed by atoms with Crippen LogP contribution in [0.2, 0.25) is 0 Å². The Balaban J connectivity index is 1.58. The summed E-state index contributed by atoms with van der Waals surface area (Å²) in [5.41, 5.74) is 3.18. The van der Waals surface area contributed by atoms with E-state index in [0.717, 1.165) is 30.7 Å². The fraction of sp³-hybridized carbons (Fsp3) is 0.389. The smallest absolute Gasteiger partial charge is 0.223 e. The van der Waals surface area contributed by atoms with E-state index in [4.69, 9.17) is 0 Å². The number of benzene rings is 1. The number of halogens is 1. The Hall–Kier alpha value is -2.70. The minimum absolute atomic E-state index is 0.146. The van der Waals surface area contributed by atoms with Gasteiger partial charge in [-0.25, -0.2) is 14.4 Å². The third-order valence-electron chi connectivity index (χ3n) is 5.13. The Kier molecular flexibility index (Phi) is 3.16. The number of H-pyrrole nitrogens is 2. The first-order valence-corrected chi connectivity index (χ1v) is 8.66. The first kappa shape index (κ1) is 14.6. The van der Waals surface area contributed by atoms with Crippen molar-refractivity contribution >= 4 is 16.9 Å². The van der Waals surface area contributed by atoms with Crippen molar-refractivity contribution in [3.8, 4) is 0 Å². The number of aromatic nitrogens is 4. The van der Waals surface area contributed by atoms with Gasteiger partial charge in [0.15, 0.2) is 0 Å². The lowest BCUT2D eigenvalue weighted by atomic mass is 10.0. The highest BCUT2D eigenvalue weighted by molar-refractivity contribution is 5.79. The van der Waals surface area contributed by atoms with E-state index in [-0.39, 0.29) is 17.8 Å². The van der Waals surface area contributed by atoms with Crippen molar-refractivity contribution < 1.29 is 9.18 Å². The largest absolute Gasteiger partial charge is 0.348 e. The van der Waals surface area contributed by atoms with Crippen LogP contribution in [0.15, 0.2) is 24.5 Å². The molecule has 3 aromatic rings. The summed E-state index contributed by atoms with van der Waals surface area (Å²) in [5, 5.41) is 0. The molecule has 0 saturated heterocycles. The molecule has 3 heterocycles. The second-order valence-electron chi connectivity index (χ2n) is 6.94. The highest BCUT2D eigenvalue weighted by Crippen LogP contribution is 2.37. The summed E-state index contributed by atoms with van der Waals surface area (Å²) < 4.78 is 13.5. The van der Waals surface area contributed by atoms with Gasteiger partial charge < -0.3 is 14.9 Å². The third-order valence-corrected chi connectivity index (χ3v) is 5.13. The molecular formula is C18H18FN5O. The Morgan fingerprint density at radius 2 is 2.24 bits per heavy atom. The van der Waals surface area contributed by atoms with E-state index in [0.29, 0.717) is 35.7 Å². The van der Waals surface area contributed by atoms with Gasteiger partial charge in [-0.1, -0.05) is 0 Å². The first-order chi connectivity index (χ1) is 12.2. The molecule has 1 fully saturated rings. The van der Waals surface area contributed by atoms with E-state index in [1.807, 2.05) is 4.90 Å². The van der Waals surface area contributed by atoms with Crippen molar-refractivity contribution in [2.45, 2.75) is 31.7 Å². The fourth-order valence-electron chi connectivity index (χ4n) is 3.64. The van der Waals surface area contributed by atoms with E-state index < -0.39 is 0 Å². The molecule has 0 unspecified atom stereocenters. The van der Waals surface area contributed by atoms with Gasteiger partial charge >= 0.3 is 0 Å². The monoisotopic (exact) mass is 339 g/mol. The average molecular weight is 339 g/mol. The van der Waals surface area contributed by atoms with Crippen LogP contribution in [0.25, 0.3) is 11.0 Å². The number of nitrogens with zero attached hydrogens (tertiary/aromatic N) is 3. The second-order valence-corrected chi connectivity index (χ2v) is 6.94. The van der Waals surface area contributed by atoms with Crippen molar-refractivity contribution in [2.24, 2.45) is 5.92 Å². The molecule has 2 aromatic heterocycles. The topological polar surface area (TPSA) is 77.7 Å². The Labute approximate surface area is 143 Å². The van der Waals surface area contributed by atoms with Crippen molar-refractivity contribution in [1.29, 1.82) is 0 Å². The number of aromatic amines is 2. The van der Waals surface area contributed by atoms with Gasteiger partial charge in [-0.15, -0.1) is 0 Å². The molecule has 0 spiro atoms. The zero-order valence-corrected chi connectivity index (χ0v) is 13.6. The Bertz CT molecular complexity index is 957. The second kappa shape index (κ2) is 5.40. The number of rotatable bonds is 3. The van der Waals surface area contributed by atoms with Gasteiger partial charge in [0.2, 0.25) is 5.91 Å². The van der Waals surface area contributed by atoms with E-state index in [1.54, 1.807) is 12.4 Å². The molecule has 1 aliphatic carbocycles. The zero-order chi connectivity index (χ0) is 17.0. The summed E-state index contributed by atoms with van der Waals surface area (Å²) in [6, 6.07) is 4.12. The SMILES string of the molecule is O=C(CC1CC1)N1CCc2[nH]cnc2[C@H]1c1nc2ccc(F)cc2[nH]1. The number of imidazole rings is 2. The third kappa shape index (κ3) is 2.50. The molecule has 5 rings (SSSR count). The molecular weight excluding hydrogens is 321 g/mol. The summed E-state index contributed by atoms with van der Waals surface area (Å²) in [4.78, 5) is 30.1. The molecule has 1 atom stereocenters. The van der Waals surface area contributed by atoms with E-state index in [1.165, 1.54) is 12.1 Å². The molecule has 1 amide bonds.